The number of carbonyl (C=O) groups is 2. The molecule has 1 atom stereocenters. The summed E-state index contributed by atoms with van der Waals surface area (Å²) in [4.78, 5) is 28.9. The Kier molecular flexibility index (Phi) is 6.61. The van der Waals surface area contributed by atoms with E-state index in [-0.39, 0.29) is 17.7 Å². The molecule has 0 saturated heterocycles. The predicted molar refractivity (Wildman–Crippen MR) is 117 cm³/mol. The first-order valence-corrected chi connectivity index (χ1v) is 10.0. The van der Waals surface area contributed by atoms with E-state index in [1.54, 1.807) is 23.0 Å². The first kappa shape index (κ1) is 21.2. The molecular formula is C23H27N5O2. The van der Waals surface area contributed by atoms with Gasteiger partial charge in [-0.05, 0) is 56.2 Å². The van der Waals surface area contributed by atoms with Crippen LogP contribution in [0.25, 0.3) is 5.82 Å². The van der Waals surface area contributed by atoms with Gasteiger partial charge in [0, 0.05) is 30.0 Å². The zero-order chi connectivity index (χ0) is 21.7. The third-order valence-corrected chi connectivity index (χ3v) is 4.94. The van der Waals surface area contributed by atoms with Crippen LogP contribution in [0.3, 0.4) is 0 Å². The molecule has 0 bridgehead atoms. The van der Waals surface area contributed by atoms with Gasteiger partial charge in [-0.25, -0.2) is 9.67 Å². The number of pyridine rings is 1. The lowest BCUT2D eigenvalue weighted by molar-refractivity contribution is -0.119. The number of rotatable bonds is 7. The summed E-state index contributed by atoms with van der Waals surface area (Å²) in [7, 11) is 0. The second kappa shape index (κ2) is 9.35. The molecule has 1 unspecified atom stereocenters. The van der Waals surface area contributed by atoms with Crippen LogP contribution in [-0.2, 0) is 11.3 Å². The van der Waals surface area contributed by atoms with Crippen LogP contribution in [0.5, 0.6) is 0 Å². The van der Waals surface area contributed by atoms with Crippen LogP contribution in [0.4, 0.5) is 5.69 Å². The highest BCUT2D eigenvalue weighted by molar-refractivity contribution is 5.94. The van der Waals surface area contributed by atoms with E-state index in [1.165, 1.54) is 0 Å². The van der Waals surface area contributed by atoms with E-state index >= 15 is 0 Å². The number of hydrogen-bond acceptors (Lipinski definition) is 4. The molecule has 2 aromatic heterocycles. The average Bonchev–Trinajstić information content (AvgIpc) is 3.09. The molecule has 3 rings (SSSR count). The van der Waals surface area contributed by atoms with Gasteiger partial charge in [0.15, 0.2) is 5.82 Å². The van der Waals surface area contributed by atoms with E-state index in [0.29, 0.717) is 17.9 Å². The fourth-order valence-electron chi connectivity index (χ4n) is 3.00. The van der Waals surface area contributed by atoms with Crippen molar-refractivity contribution >= 4 is 17.5 Å². The van der Waals surface area contributed by atoms with Crippen molar-refractivity contribution in [1.29, 1.82) is 0 Å². The molecule has 3 aromatic rings. The van der Waals surface area contributed by atoms with Gasteiger partial charge < -0.3 is 10.6 Å². The van der Waals surface area contributed by atoms with E-state index in [1.807, 2.05) is 58.0 Å². The van der Waals surface area contributed by atoms with Gasteiger partial charge >= 0.3 is 0 Å². The number of hydrogen-bond donors (Lipinski definition) is 2. The third kappa shape index (κ3) is 5.11. The van der Waals surface area contributed by atoms with Crippen molar-refractivity contribution in [2.24, 2.45) is 5.92 Å². The van der Waals surface area contributed by atoms with E-state index < -0.39 is 0 Å². The minimum Gasteiger partial charge on any atom is -0.348 e. The van der Waals surface area contributed by atoms with Crippen molar-refractivity contribution in [2.45, 2.75) is 40.7 Å². The van der Waals surface area contributed by atoms with Crippen LogP contribution >= 0.6 is 0 Å². The number of carbonyl (C=O) groups excluding carboxylic acids is 2. The molecule has 0 aliphatic rings. The highest BCUT2D eigenvalue weighted by Crippen LogP contribution is 2.14. The van der Waals surface area contributed by atoms with Gasteiger partial charge in [0.05, 0.1) is 11.3 Å². The van der Waals surface area contributed by atoms with Gasteiger partial charge in [0.25, 0.3) is 5.91 Å². The lowest BCUT2D eigenvalue weighted by Crippen LogP contribution is -2.23. The SMILES string of the molecule is CCC(C)C(=O)Nc1cccc(CNC(=O)c2ccc(-n3nc(C)cc3C)nc2)c1. The van der Waals surface area contributed by atoms with Crippen molar-refractivity contribution in [2.75, 3.05) is 5.32 Å². The van der Waals surface area contributed by atoms with Crippen molar-refractivity contribution in [3.8, 4) is 5.82 Å². The Labute approximate surface area is 176 Å². The van der Waals surface area contributed by atoms with Gasteiger partial charge in [-0.1, -0.05) is 26.0 Å². The normalized spacial score (nSPS) is 11.7. The molecule has 7 heteroatoms. The molecule has 156 valence electrons. The Morgan fingerprint density at radius 3 is 2.57 bits per heavy atom. The summed E-state index contributed by atoms with van der Waals surface area (Å²) in [5.74, 6) is 0.407. The second-order valence-electron chi connectivity index (χ2n) is 7.43. The standard InChI is InChI=1S/C23H27N5O2/c1-5-15(2)22(29)26-20-8-6-7-18(12-20)13-25-23(30)19-9-10-21(24-14-19)28-17(4)11-16(3)27-28/h6-12,14-15H,5,13H2,1-4H3,(H,25,30)(H,26,29). The number of aromatic nitrogens is 3. The van der Waals surface area contributed by atoms with Crippen LogP contribution in [0.2, 0.25) is 0 Å². The highest BCUT2D eigenvalue weighted by atomic mass is 16.2. The molecule has 0 fully saturated rings. The van der Waals surface area contributed by atoms with Crippen molar-refractivity contribution in [3.05, 3.63) is 71.2 Å². The maximum atomic E-state index is 12.5. The number of aryl methyl sites for hydroxylation is 2. The van der Waals surface area contributed by atoms with Crippen molar-refractivity contribution in [1.82, 2.24) is 20.1 Å². The van der Waals surface area contributed by atoms with Crippen LogP contribution in [0.1, 0.15) is 47.6 Å². The van der Waals surface area contributed by atoms with Gasteiger partial charge in [0.1, 0.15) is 0 Å². The Bertz CT molecular complexity index is 1040. The summed E-state index contributed by atoms with van der Waals surface area (Å²) >= 11 is 0. The Morgan fingerprint density at radius 1 is 1.13 bits per heavy atom. The maximum Gasteiger partial charge on any atom is 0.253 e. The number of nitrogens with zero attached hydrogens (tertiary/aromatic N) is 3. The molecule has 0 radical (unpaired) electrons. The van der Waals surface area contributed by atoms with Crippen molar-refractivity contribution in [3.63, 3.8) is 0 Å². The molecular weight excluding hydrogens is 378 g/mol. The minimum atomic E-state index is -0.212. The lowest BCUT2D eigenvalue weighted by Gasteiger charge is -2.11. The first-order chi connectivity index (χ1) is 14.4. The maximum absolute atomic E-state index is 12.5. The van der Waals surface area contributed by atoms with E-state index in [9.17, 15) is 9.59 Å². The zero-order valence-electron chi connectivity index (χ0n) is 17.8. The minimum absolute atomic E-state index is 0.00698. The topological polar surface area (TPSA) is 88.9 Å². The Morgan fingerprint density at radius 2 is 1.93 bits per heavy atom. The van der Waals surface area contributed by atoms with E-state index in [0.717, 1.165) is 29.1 Å². The number of amides is 2. The summed E-state index contributed by atoms with van der Waals surface area (Å²) in [6.45, 7) is 8.12. The van der Waals surface area contributed by atoms with Crippen LogP contribution in [0, 0.1) is 19.8 Å². The van der Waals surface area contributed by atoms with Crippen LogP contribution in [0.15, 0.2) is 48.7 Å². The molecule has 1 aromatic carbocycles. The van der Waals surface area contributed by atoms with Gasteiger partial charge in [-0.15, -0.1) is 0 Å². The fourth-order valence-corrected chi connectivity index (χ4v) is 3.00. The molecule has 7 nitrogen and oxygen atoms in total. The molecule has 0 aliphatic heterocycles. The highest BCUT2D eigenvalue weighted by Gasteiger charge is 2.12. The molecule has 0 saturated carbocycles. The summed E-state index contributed by atoms with van der Waals surface area (Å²) in [6, 6.07) is 13.0. The van der Waals surface area contributed by atoms with Gasteiger partial charge in [0.2, 0.25) is 5.91 Å². The average molecular weight is 406 g/mol. The number of nitrogens with one attached hydrogen (secondary N) is 2. The molecule has 2 amide bonds. The summed E-state index contributed by atoms with van der Waals surface area (Å²) in [5.41, 5.74) is 4.00. The quantitative estimate of drug-likeness (QED) is 0.626. The predicted octanol–water partition coefficient (Wildman–Crippen LogP) is 3.80. The first-order valence-electron chi connectivity index (χ1n) is 10.0. The number of benzene rings is 1. The molecule has 2 N–H and O–H groups in total. The van der Waals surface area contributed by atoms with Crippen molar-refractivity contribution < 1.29 is 9.59 Å². The van der Waals surface area contributed by atoms with Crippen LogP contribution < -0.4 is 10.6 Å². The zero-order valence-corrected chi connectivity index (χ0v) is 17.8. The second-order valence-corrected chi connectivity index (χ2v) is 7.43. The van der Waals surface area contributed by atoms with E-state index in [4.69, 9.17) is 0 Å². The largest absolute Gasteiger partial charge is 0.348 e. The monoisotopic (exact) mass is 405 g/mol. The summed E-state index contributed by atoms with van der Waals surface area (Å²) in [6.07, 6.45) is 2.33. The molecule has 2 heterocycles. The van der Waals surface area contributed by atoms with Gasteiger partial charge in [-0.2, -0.15) is 5.10 Å². The summed E-state index contributed by atoms with van der Waals surface area (Å²) < 4.78 is 1.75. The lowest BCUT2D eigenvalue weighted by atomic mass is 10.1. The fraction of sp³-hybridized carbons (Fsp3) is 0.304. The van der Waals surface area contributed by atoms with Crippen LogP contribution in [-0.4, -0.2) is 26.6 Å². The smallest absolute Gasteiger partial charge is 0.253 e. The Balaban J connectivity index is 1.61. The summed E-state index contributed by atoms with van der Waals surface area (Å²) in [5, 5.41) is 10.2. The molecule has 0 aliphatic carbocycles. The number of anilines is 1. The third-order valence-electron chi connectivity index (χ3n) is 4.94. The Hall–Kier alpha value is -3.48. The van der Waals surface area contributed by atoms with Gasteiger partial charge in [-0.3, -0.25) is 9.59 Å². The van der Waals surface area contributed by atoms with E-state index in [2.05, 4.69) is 20.7 Å². The molecule has 30 heavy (non-hydrogen) atoms. The molecule has 0 spiro atoms.